The molecule has 3 aromatic rings. The van der Waals surface area contributed by atoms with E-state index in [0.29, 0.717) is 15.5 Å². The minimum Gasteiger partial charge on any atom is -0.320 e. The molecule has 174 valence electrons. The Bertz CT molecular complexity index is 1300. The van der Waals surface area contributed by atoms with Crippen LogP contribution in [0.5, 0.6) is 0 Å². The van der Waals surface area contributed by atoms with Gasteiger partial charge in [-0.15, -0.1) is 11.3 Å². The third-order valence-electron chi connectivity index (χ3n) is 6.15. The number of benzene rings is 2. The van der Waals surface area contributed by atoms with Gasteiger partial charge in [-0.3, -0.25) is 29.4 Å². The van der Waals surface area contributed by atoms with Crippen LogP contribution in [0.15, 0.2) is 46.8 Å². The zero-order chi connectivity index (χ0) is 23.8. The van der Waals surface area contributed by atoms with Crippen molar-refractivity contribution in [2.24, 2.45) is 11.8 Å². The van der Waals surface area contributed by atoms with Crippen LogP contribution in [0, 0.1) is 22.0 Å². The number of carbonyl (C=O) groups excluding carboxylic acids is 3. The number of carbonyl (C=O) groups is 3. The Balaban J connectivity index is 1.28. The van der Waals surface area contributed by atoms with Gasteiger partial charge in [0.1, 0.15) is 5.69 Å². The average molecular weight is 497 g/mol. The number of nitrogens with zero attached hydrogens (tertiary/aromatic N) is 3. The van der Waals surface area contributed by atoms with Crippen LogP contribution in [-0.2, 0) is 14.4 Å². The highest BCUT2D eigenvalue weighted by Gasteiger charge is 2.48. The molecule has 1 aliphatic carbocycles. The Morgan fingerprint density at radius 2 is 1.85 bits per heavy atom. The summed E-state index contributed by atoms with van der Waals surface area (Å²) in [5.41, 5.74) is 1.25. The predicted octanol–water partition coefficient (Wildman–Crippen LogP) is 4.61. The first-order valence-electron chi connectivity index (χ1n) is 10.9. The van der Waals surface area contributed by atoms with Crippen molar-refractivity contribution >= 4 is 68.1 Å². The van der Waals surface area contributed by atoms with Crippen LogP contribution >= 0.6 is 23.1 Å². The molecule has 2 aromatic carbocycles. The molecule has 1 aliphatic heterocycles. The van der Waals surface area contributed by atoms with Crippen LogP contribution in [0.4, 0.5) is 17.1 Å². The molecule has 0 spiro atoms. The number of anilines is 2. The predicted molar refractivity (Wildman–Crippen MR) is 130 cm³/mol. The Morgan fingerprint density at radius 3 is 2.56 bits per heavy atom. The van der Waals surface area contributed by atoms with Crippen LogP contribution in [0.2, 0.25) is 0 Å². The van der Waals surface area contributed by atoms with Gasteiger partial charge in [0.15, 0.2) is 4.34 Å². The largest absolute Gasteiger partial charge is 0.320 e. The lowest BCUT2D eigenvalue weighted by atomic mass is 9.81. The molecule has 34 heavy (non-hydrogen) atoms. The number of nitro groups is 1. The Hall–Kier alpha value is -3.31. The highest BCUT2D eigenvalue weighted by Crippen LogP contribution is 2.41. The molecule has 1 aromatic heterocycles. The Kier molecular flexibility index (Phi) is 6.05. The van der Waals surface area contributed by atoms with Gasteiger partial charge in [0, 0.05) is 6.07 Å². The smallest absolute Gasteiger partial charge is 0.292 e. The number of fused-ring (bicyclic) bond motifs is 2. The number of nitrogens with one attached hydrogen (secondary N) is 1. The average Bonchev–Trinajstić information content (AvgIpc) is 3.36. The van der Waals surface area contributed by atoms with E-state index in [1.807, 2.05) is 0 Å². The summed E-state index contributed by atoms with van der Waals surface area (Å²) in [5, 5.41) is 13.7. The van der Waals surface area contributed by atoms with E-state index in [-0.39, 0.29) is 46.7 Å². The SMILES string of the molecule is O=C(CSc1nc2ccc(N3C(=O)[C@H]4CCCC[C@H]4C3=O)cc2s1)Nc1ccccc1[N+](=O)[O-]. The van der Waals surface area contributed by atoms with Crippen molar-refractivity contribution in [1.82, 2.24) is 4.98 Å². The van der Waals surface area contributed by atoms with Crippen LogP contribution in [0.3, 0.4) is 0 Å². The number of amides is 3. The number of hydrogen-bond donors (Lipinski definition) is 1. The molecule has 3 amide bonds. The van der Waals surface area contributed by atoms with Crippen molar-refractivity contribution in [3.8, 4) is 0 Å². The van der Waals surface area contributed by atoms with Gasteiger partial charge in [0.25, 0.3) is 5.69 Å². The molecule has 1 saturated carbocycles. The Morgan fingerprint density at radius 1 is 1.15 bits per heavy atom. The van der Waals surface area contributed by atoms with Crippen molar-refractivity contribution in [1.29, 1.82) is 0 Å². The molecule has 1 N–H and O–H groups in total. The first kappa shape index (κ1) is 22.5. The van der Waals surface area contributed by atoms with Gasteiger partial charge in [-0.1, -0.05) is 36.7 Å². The lowest BCUT2D eigenvalue weighted by molar-refractivity contribution is -0.383. The number of para-hydroxylation sites is 2. The fourth-order valence-electron chi connectivity index (χ4n) is 4.56. The van der Waals surface area contributed by atoms with E-state index in [1.165, 1.54) is 46.2 Å². The molecule has 2 aliphatic rings. The minimum atomic E-state index is -0.543. The molecule has 0 radical (unpaired) electrons. The van der Waals surface area contributed by atoms with E-state index in [4.69, 9.17) is 0 Å². The second kappa shape index (κ2) is 9.15. The maximum atomic E-state index is 12.9. The number of rotatable bonds is 6. The summed E-state index contributed by atoms with van der Waals surface area (Å²) >= 11 is 2.59. The molecular formula is C23H20N4O5S2. The topological polar surface area (TPSA) is 123 Å². The summed E-state index contributed by atoms with van der Waals surface area (Å²) in [6.45, 7) is 0. The number of imide groups is 1. The standard InChI is InChI=1S/C23H20N4O5S2/c28-20(24-16-7-3-4-8-18(16)27(31)32)12-33-23-25-17-10-9-13(11-19(17)34-23)26-21(29)14-5-1-2-6-15(14)22(26)30/h3-4,7-11,14-15H,1-2,5-6,12H2,(H,24,28)/t14-,15+. The van der Waals surface area contributed by atoms with E-state index >= 15 is 0 Å². The van der Waals surface area contributed by atoms with Crippen molar-refractivity contribution in [3.63, 3.8) is 0 Å². The molecule has 9 nitrogen and oxygen atoms in total. The number of aromatic nitrogens is 1. The second-order valence-electron chi connectivity index (χ2n) is 8.25. The van der Waals surface area contributed by atoms with Crippen LogP contribution in [0.1, 0.15) is 25.7 Å². The highest BCUT2D eigenvalue weighted by molar-refractivity contribution is 8.01. The third-order valence-corrected chi connectivity index (χ3v) is 8.31. The maximum Gasteiger partial charge on any atom is 0.292 e. The summed E-state index contributed by atoms with van der Waals surface area (Å²) < 4.78 is 1.46. The lowest BCUT2D eigenvalue weighted by Gasteiger charge is -2.19. The zero-order valence-electron chi connectivity index (χ0n) is 17.9. The van der Waals surface area contributed by atoms with Crippen molar-refractivity contribution in [3.05, 3.63) is 52.6 Å². The first-order valence-corrected chi connectivity index (χ1v) is 12.7. The third kappa shape index (κ3) is 4.16. The van der Waals surface area contributed by atoms with Gasteiger partial charge >= 0.3 is 0 Å². The van der Waals surface area contributed by atoms with Gasteiger partial charge in [-0.2, -0.15) is 0 Å². The van der Waals surface area contributed by atoms with E-state index < -0.39 is 4.92 Å². The molecule has 11 heteroatoms. The molecular weight excluding hydrogens is 476 g/mol. The Labute approximate surface area is 202 Å². The fourth-order valence-corrected chi connectivity index (χ4v) is 6.46. The maximum absolute atomic E-state index is 12.9. The van der Waals surface area contributed by atoms with Crippen molar-refractivity contribution in [2.75, 3.05) is 16.0 Å². The van der Waals surface area contributed by atoms with Gasteiger partial charge in [-0.25, -0.2) is 4.98 Å². The van der Waals surface area contributed by atoms with Crippen LogP contribution < -0.4 is 10.2 Å². The number of nitro benzene ring substituents is 1. The summed E-state index contributed by atoms with van der Waals surface area (Å²) in [6, 6.07) is 11.3. The molecule has 5 rings (SSSR count). The van der Waals surface area contributed by atoms with E-state index in [9.17, 15) is 24.5 Å². The fraction of sp³-hybridized carbons (Fsp3) is 0.304. The zero-order valence-corrected chi connectivity index (χ0v) is 19.6. The summed E-state index contributed by atoms with van der Waals surface area (Å²) in [5.74, 6) is -0.979. The molecule has 1 saturated heterocycles. The lowest BCUT2D eigenvalue weighted by Crippen LogP contribution is -2.30. The molecule has 2 fully saturated rings. The van der Waals surface area contributed by atoms with Gasteiger partial charge in [-0.05, 0) is 37.1 Å². The summed E-state index contributed by atoms with van der Waals surface area (Å²) in [6.07, 6.45) is 3.49. The molecule has 0 bridgehead atoms. The van der Waals surface area contributed by atoms with Crippen molar-refractivity contribution in [2.45, 2.75) is 30.0 Å². The normalized spacial score (nSPS) is 19.9. The number of hydrogen-bond acceptors (Lipinski definition) is 8. The summed E-state index contributed by atoms with van der Waals surface area (Å²) in [4.78, 5) is 54.5. The minimum absolute atomic E-state index is 0.0329. The number of thiazole rings is 1. The second-order valence-corrected chi connectivity index (χ2v) is 10.5. The van der Waals surface area contributed by atoms with Gasteiger partial charge in [0.05, 0.1) is 38.4 Å². The molecule has 0 unspecified atom stereocenters. The summed E-state index contributed by atoms with van der Waals surface area (Å²) in [7, 11) is 0. The van der Waals surface area contributed by atoms with E-state index in [2.05, 4.69) is 10.3 Å². The van der Waals surface area contributed by atoms with E-state index in [1.54, 1.807) is 24.3 Å². The van der Waals surface area contributed by atoms with Gasteiger partial charge in [0.2, 0.25) is 17.7 Å². The quantitative estimate of drug-likeness (QED) is 0.229. The van der Waals surface area contributed by atoms with E-state index in [0.717, 1.165) is 30.4 Å². The molecule has 2 atom stereocenters. The van der Waals surface area contributed by atoms with Crippen molar-refractivity contribution < 1.29 is 19.3 Å². The first-order chi connectivity index (χ1) is 16.4. The number of thioether (sulfide) groups is 1. The highest BCUT2D eigenvalue weighted by atomic mass is 32.2. The van der Waals surface area contributed by atoms with Crippen LogP contribution in [0.25, 0.3) is 10.2 Å². The monoisotopic (exact) mass is 496 g/mol. The molecule has 2 heterocycles. The van der Waals surface area contributed by atoms with Gasteiger partial charge < -0.3 is 5.32 Å². The van der Waals surface area contributed by atoms with Crippen LogP contribution in [-0.4, -0.2) is 33.4 Å².